The van der Waals surface area contributed by atoms with E-state index in [1.807, 2.05) is 0 Å². The van der Waals surface area contributed by atoms with Gasteiger partial charge in [0.05, 0.1) is 6.61 Å². The first-order valence-corrected chi connectivity index (χ1v) is 3.81. The van der Waals surface area contributed by atoms with E-state index in [1.165, 1.54) is 0 Å². The van der Waals surface area contributed by atoms with Crippen LogP contribution in [0, 0.1) is 6.92 Å². The van der Waals surface area contributed by atoms with Crippen molar-refractivity contribution in [3.63, 3.8) is 0 Å². The molecule has 0 saturated heterocycles. The van der Waals surface area contributed by atoms with Gasteiger partial charge in [-0.15, -0.1) is 10.2 Å². The van der Waals surface area contributed by atoms with E-state index in [0.29, 0.717) is 19.0 Å². The molecule has 0 atom stereocenters. The monoisotopic (exact) mass is 185 g/mol. The Morgan fingerprint density at radius 2 is 2.38 bits per heavy atom. The maximum Gasteiger partial charge on any atom is 0.308 e. The number of rotatable bonds is 4. The van der Waals surface area contributed by atoms with Crippen LogP contribution < -0.4 is 5.32 Å². The van der Waals surface area contributed by atoms with Crippen LogP contribution in [0.4, 0.5) is 0 Å². The SMILES string of the molecule is COCCNC(=O)c1nnc(C)o1. The molecular formula is C7H11N3O3. The summed E-state index contributed by atoms with van der Waals surface area (Å²) >= 11 is 0. The van der Waals surface area contributed by atoms with Crippen LogP contribution in [0.15, 0.2) is 4.42 Å². The minimum absolute atomic E-state index is 0.0198. The fourth-order valence-electron chi connectivity index (χ4n) is 0.731. The topological polar surface area (TPSA) is 77.2 Å². The van der Waals surface area contributed by atoms with E-state index in [0.717, 1.165) is 0 Å². The highest BCUT2D eigenvalue weighted by molar-refractivity contribution is 5.89. The maximum atomic E-state index is 11.2. The Morgan fingerprint density at radius 3 is 2.92 bits per heavy atom. The lowest BCUT2D eigenvalue weighted by atomic mass is 10.5. The second-order valence-corrected chi connectivity index (χ2v) is 2.37. The van der Waals surface area contributed by atoms with E-state index in [4.69, 9.17) is 9.15 Å². The molecular weight excluding hydrogens is 174 g/mol. The van der Waals surface area contributed by atoms with Crippen LogP contribution in [0.25, 0.3) is 0 Å². The molecule has 0 unspecified atom stereocenters. The van der Waals surface area contributed by atoms with E-state index in [2.05, 4.69) is 15.5 Å². The van der Waals surface area contributed by atoms with Gasteiger partial charge >= 0.3 is 11.8 Å². The van der Waals surface area contributed by atoms with Gasteiger partial charge < -0.3 is 14.5 Å². The van der Waals surface area contributed by atoms with Gasteiger partial charge in [-0.3, -0.25) is 4.79 Å². The Bertz CT molecular complexity index is 284. The van der Waals surface area contributed by atoms with Crippen molar-refractivity contribution in [2.75, 3.05) is 20.3 Å². The molecule has 0 aliphatic carbocycles. The van der Waals surface area contributed by atoms with Gasteiger partial charge in [-0.1, -0.05) is 0 Å². The van der Waals surface area contributed by atoms with Gasteiger partial charge in [-0.05, 0) is 0 Å². The number of nitrogens with one attached hydrogen (secondary N) is 1. The number of carbonyl (C=O) groups is 1. The van der Waals surface area contributed by atoms with E-state index in [9.17, 15) is 4.79 Å². The summed E-state index contributed by atoms with van der Waals surface area (Å²) in [6, 6.07) is 0. The fraction of sp³-hybridized carbons (Fsp3) is 0.571. The molecule has 1 amide bonds. The average Bonchev–Trinajstić information content (AvgIpc) is 2.52. The lowest BCUT2D eigenvalue weighted by molar-refractivity contribution is 0.0901. The molecule has 0 spiro atoms. The van der Waals surface area contributed by atoms with Crippen LogP contribution in [0.3, 0.4) is 0 Å². The summed E-state index contributed by atoms with van der Waals surface area (Å²) in [5.41, 5.74) is 0. The summed E-state index contributed by atoms with van der Waals surface area (Å²) in [7, 11) is 1.56. The van der Waals surface area contributed by atoms with Gasteiger partial charge in [0.15, 0.2) is 0 Å². The standard InChI is InChI=1S/C7H11N3O3/c1-5-9-10-7(13-5)6(11)8-3-4-12-2/h3-4H2,1-2H3,(H,8,11). The number of hydrogen-bond acceptors (Lipinski definition) is 5. The Kier molecular flexibility index (Phi) is 3.39. The highest BCUT2D eigenvalue weighted by atomic mass is 16.5. The summed E-state index contributed by atoms with van der Waals surface area (Å²) in [6.07, 6.45) is 0. The molecule has 1 heterocycles. The lowest BCUT2D eigenvalue weighted by Gasteiger charge is -1.99. The van der Waals surface area contributed by atoms with Crippen LogP contribution in [0.1, 0.15) is 16.6 Å². The van der Waals surface area contributed by atoms with Gasteiger partial charge in [-0.25, -0.2) is 0 Å². The van der Waals surface area contributed by atoms with Crippen molar-refractivity contribution in [1.82, 2.24) is 15.5 Å². The fourth-order valence-corrected chi connectivity index (χ4v) is 0.731. The minimum atomic E-state index is -0.377. The highest BCUT2D eigenvalue weighted by Crippen LogP contribution is 1.96. The molecule has 0 aromatic carbocycles. The van der Waals surface area contributed by atoms with Gasteiger partial charge in [0, 0.05) is 20.6 Å². The van der Waals surface area contributed by atoms with Crippen molar-refractivity contribution in [3.05, 3.63) is 11.8 Å². The molecule has 0 fully saturated rings. The quantitative estimate of drug-likeness (QED) is 0.655. The van der Waals surface area contributed by atoms with Gasteiger partial charge in [0.2, 0.25) is 5.89 Å². The molecule has 1 aromatic heterocycles. The van der Waals surface area contributed by atoms with Gasteiger partial charge in [0.1, 0.15) is 0 Å². The Balaban J connectivity index is 2.40. The summed E-state index contributed by atoms with van der Waals surface area (Å²) in [5, 5.41) is 9.64. The maximum absolute atomic E-state index is 11.2. The van der Waals surface area contributed by atoms with E-state index in [-0.39, 0.29) is 11.8 Å². The zero-order valence-electron chi connectivity index (χ0n) is 7.53. The third-order valence-corrected chi connectivity index (χ3v) is 1.31. The number of carbonyl (C=O) groups excluding carboxylic acids is 1. The molecule has 13 heavy (non-hydrogen) atoms. The highest BCUT2D eigenvalue weighted by Gasteiger charge is 2.11. The first-order valence-electron chi connectivity index (χ1n) is 3.81. The second kappa shape index (κ2) is 4.56. The Labute approximate surface area is 75.3 Å². The number of amides is 1. The zero-order valence-corrected chi connectivity index (χ0v) is 7.53. The smallest absolute Gasteiger partial charge is 0.308 e. The number of ether oxygens (including phenoxy) is 1. The van der Waals surface area contributed by atoms with Crippen LogP contribution >= 0.6 is 0 Å². The van der Waals surface area contributed by atoms with Crippen molar-refractivity contribution in [1.29, 1.82) is 0 Å². The Hall–Kier alpha value is -1.43. The summed E-state index contributed by atoms with van der Waals surface area (Å²) in [4.78, 5) is 11.2. The van der Waals surface area contributed by atoms with Gasteiger partial charge in [-0.2, -0.15) is 0 Å². The molecule has 0 bridgehead atoms. The van der Waals surface area contributed by atoms with Crippen LogP contribution in [0.5, 0.6) is 0 Å². The molecule has 6 heteroatoms. The Morgan fingerprint density at radius 1 is 1.62 bits per heavy atom. The van der Waals surface area contributed by atoms with Crippen molar-refractivity contribution in [3.8, 4) is 0 Å². The molecule has 1 rings (SSSR count). The van der Waals surface area contributed by atoms with Crippen molar-refractivity contribution < 1.29 is 13.9 Å². The normalized spacial score (nSPS) is 10.0. The third kappa shape index (κ3) is 2.83. The van der Waals surface area contributed by atoms with Crippen molar-refractivity contribution in [2.45, 2.75) is 6.92 Å². The molecule has 0 radical (unpaired) electrons. The number of methoxy groups -OCH3 is 1. The number of nitrogens with zero attached hydrogens (tertiary/aromatic N) is 2. The molecule has 72 valence electrons. The number of hydrogen-bond donors (Lipinski definition) is 1. The summed E-state index contributed by atoms with van der Waals surface area (Å²) in [5.74, 6) is -0.0249. The lowest BCUT2D eigenvalue weighted by Crippen LogP contribution is -2.27. The first-order chi connectivity index (χ1) is 6.24. The van der Waals surface area contributed by atoms with Crippen LogP contribution in [0.2, 0.25) is 0 Å². The van der Waals surface area contributed by atoms with Crippen molar-refractivity contribution >= 4 is 5.91 Å². The van der Waals surface area contributed by atoms with Crippen LogP contribution in [-0.2, 0) is 4.74 Å². The largest absolute Gasteiger partial charge is 0.417 e. The summed E-state index contributed by atoms with van der Waals surface area (Å²) in [6.45, 7) is 2.51. The van der Waals surface area contributed by atoms with Gasteiger partial charge in [0.25, 0.3) is 0 Å². The predicted octanol–water partition coefficient (Wildman–Crippen LogP) is -0.246. The molecule has 0 aliphatic heterocycles. The molecule has 0 saturated carbocycles. The minimum Gasteiger partial charge on any atom is -0.417 e. The molecule has 1 N–H and O–H groups in total. The molecule has 1 aromatic rings. The second-order valence-electron chi connectivity index (χ2n) is 2.37. The van der Waals surface area contributed by atoms with E-state index < -0.39 is 0 Å². The van der Waals surface area contributed by atoms with Crippen molar-refractivity contribution in [2.24, 2.45) is 0 Å². The zero-order chi connectivity index (χ0) is 9.68. The molecule has 0 aliphatic rings. The van der Waals surface area contributed by atoms with E-state index >= 15 is 0 Å². The average molecular weight is 185 g/mol. The predicted molar refractivity (Wildman–Crippen MR) is 43.2 cm³/mol. The van der Waals surface area contributed by atoms with E-state index in [1.54, 1.807) is 14.0 Å². The molecule has 6 nitrogen and oxygen atoms in total. The number of aryl methyl sites for hydroxylation is 1. The van der Waals surface area contributed by atoms with Crippen LogP contribution in [-0.4, -0.2) is 36.4 Å². The first kappa shape index (κ1) is 9.66. The summed E-state index contributed by atoms with van der Waals surface area (Å²) < 4.78 is 9.65. The third-order valence-electron chi connectivity index (χ3n) is 1.31. The number of aromatic nitrogens is 2.